The van der Waals surface area contributed by atoms with E-state index in [1.54, 1.807) is 45.0 Å². The van der Waals surface area contributed by atoms with E-state index in [0.29, 0.717) is 0 Å². The molecule has 1 atom stereocenters. The van der Waals surface area contributed by atoms with Gasteiger partial charge >= 0.3 is 0 Å². The van der Waals surface area contributed by atoms with Gasteiger partial charge in [0.05, 0.1) is 16.9 Å². The summed E-state index contributed by atoms with van der Waals surface area (Å²) in [5, 5.41) is 13.9. The number of nitrogens with zero attached hydrogens (tertiary/aromatic N) is 3. The Morgan fingerprint density at radius 3 is 2.26 bits per heavy atom. The molecule has 0 aliphatic carbocycles. The van der Waals surface area contributed by atoms with E-state index in [0.717, 1.165) is 26.7 Å². The van der Waals surface area contributed by atoms with E-state index >= 15 is 0 Å². The van der Waals surface area contributed by atoms with E-state index in [1.807, 2.05) is 0 Å². The first-order valence-corrected chi connectivity index (χ1v) is 13.0. The van der Waals surface area contributed by atoms with Gasteiger partial charge < -0.3 is 10.2 Å². The van der Waals surface area contributed by atoms with Crippen LogP contribution in [-0.4, -0.2) is 54.9 Å². The van der Waals surface area contributed by atoms with Gasteiger partial charge in [-0.05, 0) is 44.5 Å². The second-order valence-electron chi connectivity index (χ2n) is 8.03. The number of carbonyl (C=O) groups excluding carboxylic acids is 2. The van der Waals surface area contributed by atoms with Crippen LogP contribution in [0.1, 0.15) is 26.3 Å². The number of benzene rings is 2. The lowest BCUT2D eigenvalue weighted by Crippen LogP contribution is -2.52. The second kappa shape index (κ2) is 11.4. The number of nitrogens with one attached hydrogen (secondary N) is 1. The summed E-state index contributed by atoms with van der Waals surface area (Å²) in [5.41, 5.74) is 0.407. The first kappa shape index (κ1) is 27.3. The van der Waals surface area contributed by atoms with E-state index in [1.165, 1.54) is 23.1 Å². The van der Waals surface area contributed by atoms with E-state index in [2.05, 4.69) is 21.2 Å². The molecule has 2 rings (SSSR count). The predicted molar refractivity (Wildman–Crippen MR) is 133 cm³/mol. The number of nitro benzene ring substituents is 1. The summed E-state index contributed by atoms with van der Waals surface area (Å²) in [4.78, 5) is 37.9. The Balaban J connectivity index is 2.42. The Kier molecular flexibility index (Phi) is 9.16. The molecule has 0 heterocycles. The maximum atomic E-state index is 13.4. The van der Waals surface area contributed by atoms with Gasteiger partial charge in [-0.2, -0.15) is 0 Å². The fraction of sp³-hybridized carbons (Fsp3) is 0.364. The summed E-state index contributed by atoms with van der Waals surface area (Å²) in [6.07, 6.45) is 0.910. The van der Waals surface area contributed by atoms with Crippen molar-refractivity contribution in [2.24, 2.45) is 0 Å². The first-order chi connectivity index (χ1) is 15.8. The summed E-state index contributed by atoms with van der Waals surface area (Å²) < 4.78 is 26.7. The van der Waals surface area contributed by atoms with Crippen LogP contribution in [0.15, 0.2) is 53.0 Å². The number of non-ortho nitro benzene ring substituents is 1. The quantitative estimate of drug-likeness (QED) is 0.354. The SMILES string of the molecule is CC(C)NC(=O)C(C)N(Cc1ccc(Br)cc1)C(=O)CN(c1cccc([N+](=O)[O-])c1)S(C)(=O)=O. The number of sulfonamides is 1. The van der Waals surface area contributed by atoms with E-state index < -0.39 is 33.4 Å². The van der Waals surface area contributed by atoms with Crippen LogP contribution in [-0.2, 0) is 26.2 Å². The van der Waals surface area contributed by atoms with Crippen LogP contribution < -0.4 is 9.62 Å². The Bertz CT molecular complexity index is 1150. The zero-order chi connectivity index (χ0) is 25.6. The van der Waals surface area contributed by atoms with E-state index in [9.17, 15) is 28.1 Å². The van der Waals surface area contributed by atoms with Gasteiger partial charge in [0.2, 0.25) is 21.8 Å². The van der Waals surface area contributed by atoms with Crippen LogP contribution in [0.25, 0.3) is 0 Å². The van der Waals surface area contributed by atoms with Crippen molar-refractivity contribution in [3.8, 4) is 0 Å². The topological polar surface area (TPSA) is 130 Å². The van der Waals surface area contributed by atoms with Gasteiger partial charge in [0, 0.05) is 29.2 Å². The molecule has 1 unspecified atom stereocenters. The highest BCUT2D eigenvalue weighted by molar-refractivity contribution is 9.10. The largest absolute Gasteiger partial charge is 0.352 e. The molecule has 34 heavy (non-hydrogen) atoms. The molecule has 0 spiro atoms. The monoisotopic (exact) mass is 554 g/mol. The van der Waals surface area contributed by atoms with Crippen LogP contribution in [0.3, 0.4) is 0 Å². The van der Waals surface area contributed by atoms with Crippen LogP contribution in [0.5, 0.6) is 0 Å². The molecule has 0 aliphatic rings. The third-order valence-electron chi connectivity index (χ3n) is 4.87. The average Bonchev–Trinajstić information content (AvgIpc) is 2.75. The van der Waals surface area contributed by atoms with Crippen LogP contribution in [0.2, 0.25) is 0 Å². The number of hydrogen-bond donors (Lipinski definition) is 1. The van der Waals surface area contributed by atoms with Crippen molar-refractivity contribution in [3.05, 3.63) is 68.7 Å². The van der Waals surface area contributed by atoms with Crippen molar-refractivity contribution in [3.63, 3.8) is 0 Å². The fourth-order valence-corrected chi connectivity index (χ4v) is 4.26. The second-order valence-corrected chi connectivity index (χ2v) is 10.9. The molecule has 0 fully saturated rings. The molecular formula is C22H27BrN4O6S. The van der Waals surface area contributed by atoms with Crippen LogP contribution >= 0.6 is 15.9 Å². The molecule has 2 aromatic rings. The highest BCUT2D eigenvalue weighted by atomic mass is 79.9. The van der Waals surface area contributed by atoms with Gasteiger partial charge in [-0.25, -0.2) is 8.42 Å². The van der Waals surface area contributed by atoms with Crippen molar-refractivity contribution < 1.29 is 22.9 Å². The normalized spacial score (nSPS) is 12.2. The molecular weight excluding hydrogens is 528 g/mol. The maximum absolute atomic E-state index is 13.4. The third-order valence-corrected chi connectivity index (χ3v) is 6.54. The summed E-state index contributed by atoms with van der Waals surface area (Å²) in [6.45, 7) is 4.58. The molecule has 0 saturated carbocycles. The third kappa shape index (κ3) is 7.52. The summed E-state index contributed by atoms with van der Waals surface area (Å²) in [6, 6.07) is 11.1. The minimum atomic E-state index is -3.98. The maximum Gasteiger partial charge on any atom is 0.271 e. The zero-order valence-corrected chi connectivity index (χ0v) is 21.7. The van der Waals surface area contributed by atoms with Crippen molar-refractivity contribution in [1.82, 2.24) is 10.2 Å². The number of anilines is 1. The highest BCUT2D eigenvalue weighted by Crippen LogP contribution is 2.24. The number of amides is 2. The number of halogens is 1. The number of hydrogen-bond acceptors (Lipinski definition) is 6. The Morgan fingerprint density at radius 1 is 1.12 bits per heavy atom. The molecule has 0 saturated heterocycles. The van der Waals surface area contributed by atoms with Crippen LogP contribution in [0, 0.1) is 10.1 Å². The lowest BCUT2D eigenvalue weighted by atomic mass is 10.1. The molecule has 0 radical (unpaired) electrons. The molecule has 0 aliphatic heterocycles. The van der Waals surface area contributed by atoms with Crippen molar-refractivity contribution in [2.75, 3.05) is 17.1 Å². The smallest absolute Gasteiger partial charge is 0.271 e. The van der Waals surface area contributed by atoms with Crippen molar-refractivity contribution in [2.45, 2.75) is 39.4 Å². The summed E-state index contributed by atoms with van der Waals surface area (Å²) in [5.74, 6) is -1.02. The van der Waals surface area contributed by atoms with E-state index in [-0.39, 0.29) is 29.9 Å². The molecule has 2 aromatic carbocycles. The standard InChI is InChI=1S/C22H27BrN4O6S/c1-15(2)24-22(29)16(3)25(13-17-8-10-18(23)11-9-17)21(28)14-26(34(4,32)33)19-6-5-7-20(12-19)27(30)31/h5-12,15-16H,13-14H2,1-4H3,(H,24,29). The van der Waals surface area contributed by atoms with Gasteiger partial charge in [0.15, 0.2) is 0 Å². The summed E-state index contributed by atoms with van der Waals surface area (Å²) >= 11 is 3.35. The van der Waals surface area contributed by atoms with Crippen molar-refractivity contribution in [1.29, 1.82) is 0 Å². The molecule has 0 bridgehead atoms. The highest BCUT2D eigenvalue weighted by Gasteiger charge is 2.30. The average molecular weight is 555 g/mol. The molecule has 2 amide bonds. The minimum Gasteiger partial charge on any atom is -0.352 e. The van der Waals surface area contributed by atoms with Gasteiger partial charge in [0.25, 0.3) is 5.69 Å². The fourth-order valence-electron chi connectivity index (χ4n) is 3.15. The lowest BCUT2D eigenvalue weighted by molar-refractivity contribution is -0.384. The molecule has 184 valence electrons. The van der Waals surface area contributed by atoms with Crippen LogP contribution in [0.4, 0.5) is 11.4 Å². The molecule has 0 aromatic heterocycles. The van der Waals surface area contributed by atoms with Gasteiger partial charge in [0.1, 0.15) is 12.6 Å². The summed E-state index contributed by atoms with van der Waals surface area (Å²) in [7, 11) is -3.98. The van der Waals surface area contributed by atoms with Gasteiger partial charge in [-0.1, -0.05) is 34.1 Å². The Morgan fingerprint density at radius 2 is 1.74 bits per heavy atom. The predicted octanol–water partition coefficient (Wildman–Crippen LogP) is 3.07. The number of rotatable bonds is 10. The molecule has 1 N–H and O–H groups in total. The van der Waals surface area contributed by atoms with Gasteiger partial charge in [-0.15, -0.1) is 0 Å². The number of nitro groups is 1. The Labute approximate surface area is 207 Å². The number of carbonyl (C=O) groups is 2. The van der Waals surface area contributed by atoms with Crippen molar-refractivity contribution >= 4 is 49.1 Å². The van der Waals surface area contributed by atoms with Gasteiger partial charge in [-0.3, -0.25) is 24.0 Å². The Hall–Kier alpha value is -2.99. The minimum absolute atomic E-state index is 0.0204. The van der Waals surface area contributed by atoms with E-state index in [4.69, 9.17) is 0 Å². The first-order valence-electron chi connectivity index (χ1n) is 10.4. The zero-order valence-electron chi connectivity index (χ0n) is 19.3. The molecule has 12 heteroatoms. The molecule has 10 nitrogen and oxygen atoms in total. The lowest BCUT2D eigenvalue weighted by Gasteiger charge is -2.31.